The quantitative estimate of drug-likeness (QED) is 0.508. The van der Waals surface area contributed by atoms with Gasteiger partial charge in [0.15, 0.2) is 5.75 Å². The summed E-state index contributed by atoms with van der Waals surface area (Å²) in [7, 11) is 0. The molecule has 4 nitrogen and oxygen atoms in total. The Hall–Kier alpha value is -1.10. The van der Waals surface area contributed by atoms with Gasteiger partial charge in [-0.25, -0.2) is 0 Å². The molecule has 2 N–H and O–H groups in total. The fourth-order valence-corrected chi connectivity index (χ4v) is 2.15. The van der Waals surface area contributed by atoms with Crippen molar-refractivity contribution in [2.24, 2.45) is 0 Å². The molecular formula is C16H23Cl2NO3. The molecular weight excluding hydrogens is 325 g/mol. The molecule has 0 aliphatic heterocycles. The van der Waals surface area contributed by atoms with E-state index in [0.29, 0.717) is 22.4 Å². The van der Waals surface area contributed by atoms with Crippen LogP contribution in [-0.4, -0.2) is 17.3 Å². The van der Waals surface area contributed by atoms with Crippen LogP contribution in [0.2, 0.25) is 10.0 Å². The number of aromatic hydroxyl groups is 1. The average molecular weight is 348 g/mol. The van der Waals surface area contributed by atoms with Gasteiger partial charge in [-0.15, -0.1) is 0 Å². The highest BCUT2D eigenvalue weighted by Gasteiger charge is 2.09. The number of hydroxylamine groups is 1. The Labute approximate surface area is 142 Å². The summed E-state index contributed by atoms with van der Waals surface area (Å²) in [5.74, 6) is 0.439. The highest BCUT2D eigenvalue weighted by Crippen LogP contribution is 2.36. The lowest BCUT2D eigenvalue weighted by atomic mass is 10.2. The van der Waals surface area contributed by atoms with Crippen LogP contribution in [0.5, 0.6) is 11.5 Å². The number of phenols is 1. The number of halogens is 2. The molecule has 0 unspecified atom stereocenters. The van der Waals surface area contributed by atoms with E-state index >= 15 is 0 Å². The molecule has 124 valence electrons. The SMILES string of the molecule is CC(C)(C)ONC=CCCCCOc1c(Cl)cc(O)cc1Cl. The smallest absolute Gasteiger partial charge is 0.156 e. The summed E-state index contributed by atoms with van der Waals surface area (Å²) in [6, 6.07) is 2.82. The standard InChI is InChI=1S/C16H23Cl2NO3/c1-16(2,3)22-19-8-6-4-5-7-9-21-15-13(17)10-12(20)11-14(15)18/h6,8,10-11,19-20H,4-5,7,9H2,1-3H3. The van der Waals surface area contributed by atoms with E-state index < -0.39 is 0 Å². The van der Waals surface area contributed by atoms with E-state index in [1.165, 1.54) is 12.1 Å². The summed E-state index contributed by atoms with van der Waals surface area (Å²) in [5.41, 5.74) is 2.58. The van der Waals surface area contributed by atoms with Crippen LogP contribution in [-0.2, 0) is 4.84 Å². The summed E-state index contributed by atoms with van der Waals surface area (Å²) in [6.45, 7) is 6.45. The normalized spacial score (nSPS) is 11.9. The first-order valence-corrected chi connectivity index (χ1v) is 7.94. The maximum Gasteiger partial charge on any atom is 0.156 e. The number of ether oxygens (including phenoxy) is 1. The van der Waals surface area contributed by atoms with E-state index in [1.54, 1.807) is 6.20 Å². The second-order valence-corrected chi connectivity index (χ2v) is 6.63. The van der Waals surface area contributed by atoms with Crippen molar-refractivity contribution in [3.63, 3.8) is 0 Å². The molecule has 1 rings (SSSR count). The van der Waals surface area contributed by atoms with Gasteiger partial charge in [-0.1, -0.05) is 29.3 Å². The number of hydrogen-bond donors (Lipinski definition) is 2. The molecule has 0 amide bonds. The third-order valence-corrected chi connectivity index (χ3v) is 3.11. The molecule has 0 fully saturated rings. The molecule has 0 spiro atoms. The zero-order chi connectivity index (χ0) is 16.6. The first kappa shape index (κ1) is 18.9. The van der Waals surface area contributed by atoms with Crippen molar-refractivity contribution < 1.29 is 14.7 Å². The molecule has 1 aromatic rings. The predicted octanol–water partition coefficient (Wildman–Crippen LogP) is 5.08. The second-order valence-electron chi connectivity index (χ2n) is 5.82. The molecule has 0 bridgehead atoms. The number of rotatable bonds is 8. The lowest BCUT2D eigenvalue weighted by Crippen LogP contribution is -2.25. The fourth-order valence-electron chi connectivity index (χ4n) is 1.57. The van der Waals surface area contributed by atoms with E-state index in [-0.39, 0.29) is 11.4 Å². The molecule has 0 heterocycles. The number of unbranched alkanes of at least 4 members (excludes halogenated alkanes) is 2. The molecule has 0 aliphatic carbocycles. The van der Waals surface area contributed by atoms with E-state index in [4.69, 9.17) is 32.8 Å². The number of phenolic OH excluding ortho intramolecular Hbond substituents is 1. The van der Waals surface area contributed by atoms with Crippen LogP contribution in [0.15, 0.2) is 24.4 Å². The molecule has 0 saturated heterocycles. The number of allylic oxidation sites excluding steroid dienone is 1. The Bertz CT molecular complexity index is 476. The molecule has 0 atom stereocenters. The highest BCUT2D eigenvalue weighted by atomic mass is 35.5. The van der Waals surface area contributed by atoms with E-state index in [1.807, 2.05) is 26.8 Å². The molecule has 0 aromatic heterocycles. The minimum Gasteiger partial charge on any atom is -0.508 e. The van der Waals surface area contributed by atoms with Crippen molar-refractivity contribution >= 4 is 23.2 Å². The second kappa shape index (κ2) is 9.13. The van der Waals surface area contributed by atoms with Gasteiger partial charge in [0.05, 0.1) is 22.3 Å². The van der Waals surface area contributed by atoms with Gasteiger partial charge in [0.25, 0.3) is 0 Å². The van der Waals surface area contributed by atoms with Gasteiger partial charge < -0.3 is 9.84 Å². The number of nitrogens with one attached hydrogen (secondary N) is 1. The first-order chi connectivity index (χ1) is 10.3. The Morgan fingerprint density at radius 3 is 2.41 bits per heavy atom. The lowest BCUT2D eigenvalue weighted by molar-refractivity contribution is -0.0522. The minimum absolute atomic E-state index is 0.0254. The third-order valence-electron chi connectivity index (χ3n) is 2.55. The average Bonchev–Trinajstić information content (AvgIpc) is 2.37. The van der Waals surface area contributed by atoms with Crippen LogP contribution in [0, 0.1) is 0 Å². The third kappa shape index (κ3) is 7.78. The summed E-state index contributed by atoms with van der Waals surface area (Å²) in [6.07, 6.45) is 6.56. The molecule has 22 heavy (non-hydrogen) atoms. The maximum absolute atomic E-state index is 9.33. The lowest BCUT2D eigenvalue weighted by Gasteiger charge is -2.17. The van der Waals surface area contributed by atoms with Crippen LogP contribution in [0.1, 0.15) is 40.0 Å². The van der Waals surface area contributed by atoms with Crippen LogP contribution in [0.3, 0.4) is 0 Å². The van der Waals surface area contributed by atoms with Crippen molar-refractivity contribution in [3.8, 4) is 11.5 Å². The van der Waals surface area contributed by atoms with Gasteiger partial charge >= 0.3 is 0 Å². The van der Waals surface area contributed by atoms with Crippen LogP contribution >= 0.6 is 23.2 Å². The van der Waals surface area contributed by atoms with E-state index in [9.17, 15) is 5.11 Å². The van der Waals surface area contributed by atoms with Gasteiger partial charge in [-0.2, -0.15) is 0 Å². The predicted molar refractivity (Wildman–Crippen MR) is 90.6 cm³/mol. The van der Waals surface area contributed by atoms with Crippen molar-refractivity contribution in [1.29, 1.82) is 0 Å². The van der Waals surface area contributed by atoms with Crippen molar-refractivity contribution in [2.45, 2.75) is 45.6 Å². The topological polar surface area (TPSA) is 50.7 Å². The minimum atomic E-state index is -0.208. The monoisotopic (exact) mass is 347 g/mol. The zero-order valence-electron chi connectivity index (χ0n) is 13.2. The van der Waals surface area contributed by atoms with Gasteiger partial charge in [-0.3, -0.25) is 10.3 Å². The van der Waals surface area contributed by atoms with Gasteiger partial charge in [0.2, 0.25) is 0 Å². The Morgan fingerprint density at radius 2 is 1.82 bits per heavy atom. The van der Waals surface area contributed by atoms with Crippen LogP contribution in [0.4, 0.5) is 0 Å². The Balaban J connectivity index is 2.18. The maximum atomic E-state index is 9.33. The van der Waals surface area contributed by atoms with E-state index in [0.717, 1.165) is 19.3 Å². The summed E-state index contributed by atoms with van der Waals surface area (Å²) in [4.78, 5) is 5.34. The highest BCUT2D eigenvalue weighted by molar-refractivity contribution is 6.37. The summed E-state index contributed by atoms with van der Waals surface area (Å²) >= 11 is 11.9. The van der Waals surface area contributed by atoms with Crippen molar-refractivity contribution in [2.75, 3.05) is 6.61 Å². The molecule has 0 radical (unpaired) electrons. The van der Waals surface area contributed by atoms with Gasteiger partial charge in [0.1, 0.15) is 5.75 Å². The van der Waals surface area contributed by atoms with Crippen LogP contribution < -0.4 is 10.2 Å². The van der Waals surface area contributed by atoms with Crippen molar-refractivity contribution in [1.82, 2.24) is 5.48 Å². The fraction of sp³-hybridized carbons (Fsp3) is 0.500. The Kier molecular flexibility index (Phi) is 7.87. The Morgan fingerprint density at radius 1 is 1.18 bits per heavy atom. The molecule has 1 aromatic carbocycles. The number of hydrogen-bond acceptors (Lipinski definition) is 4. The van der Waals surface area contributed by atoms with Crippen LogP contribution in [0.25, 0.3) is 0 Å². The van der Waals surface area contributed by atoms with Crippen molar-refractivity contribution in [3.05, 3.63) is 34.5 Å². The molecule has 6 heteroatoms. The molecule has 0 aliphatic rings. The number of benzene rings is 1. The summed E-state index contributed by atoms with van der Waals surface area (Å²) < 4.78 is 5.56. The zero-order valence-corrected chi connectivity index (χ0v) is 14.7. The van der Waals surface area contributed by atoms with Gasteiger partial charge in [0, 0.05) is 18.3 Å². The van der Waals surface area contributed by atoms with E-state index in [2.05, 4.69) is 5.48 Å². The largest absolute Gasteiger partial charge is 0.508 e. The van der Waals surface area contributed by atoms with Gasteiger partial charge in [-0.05, 0) is 40.0 Å². The first-order valence-electron chi connectivity index (χ1n) is 7.19. The summed E-state index contributed by atoms with van der Waals surface area (Å²) in [5, 5.41) is 9.96. The molecule has 0 saturated carbocycles.